The van der Waals surface area contributed by atoms with Crippen LogP contribution in [-0.2, 0) is 4.74 Å². The van der Waals surface area contributed by atoms with Gasteiger partial charge in [-0.25, -0.2) is 0 Å². The van der Waals surface area contributed by atoms with Gasteiger partial charge in [0.05, 0.1) is 18.8 Å². The lowest BCUT2D eigenvalue weighted by Crippen LogP contribution is -2.31. The molecule has 0 bridgehead atoms. The van der Waals surface area contributed by atoms with Crippen LogP contribution >= 0.6 is 11.8 Å². The molecule has 0 saturated carbocycles. The standard InChI is InChI=1S/C13H29NO2S/c1-12(2)16-11-13(15)10-14-8-6-4-5-7-9-17-3/h12-15H,4-11H2,1-3H3. The maximum Gasteiger partial charge on any atom is 0.0897 e. The van der Waals surface area contributed by atoms with Crippen molar-refractivity contribution in [1.29, 1.82) is 0 Å². The van der Waals surface area contributed by atoms with Gasteiger partial charge in [0.2, 0.25) is 0 Å². The summed E-state index contributed by atoms with van der Waals surface area (Å²) in [6.07, 6.45) is 7.10. The Morgan fingerprint density at radius 2 is 1.88 bits per heavy atom. The molecule has 1 unspecified atom stereocenters. The predicted molar refractivity (Wildman–Crippen MR) is 76.8 cm³/mol. The first kappa shape index (κ1) is 17.2. The van der Waals surface area contributed by atoms with E-state index in [1.54, 1.807) is 0 Å². The lowest BCUT2D eigenvalue weighted by atomic mass is 10.2. The zero-order valence-electron chi connectivity index (χ0n) is 11.6. The third kappa shape index (κ3) is 14.2. The Morgan fingerprint density at radius 3 is 2.53 bits per heavy atom. The fraction of sp³-hybridized carbons (Fsp3) is 1.00. The van der Waals surface area contributed by atoms with Crippen molar-refractivity contribution in [1.82, 2.24) is 5.32 Å². The summed E-state index contributed by atoms with van der Waals surface area (Å²) in [5.74, 6) is 1.28. The molecule has 0 aromatic rings. The van der Waals surface area contributed by atoms with Gasteiger partial charge >= 0.3 is 0 Å². The van der Waals surface area contributed by atoms with Gasteiger partial charge in [0.1, 0.15) is 0 Å². The summed E-state index contributed by atoms with van der Waals surface area (Å²) >= 11 is 1.92. The van der Waals surface area contributed by atoms with Crippen molar-refractivity contribution in [2.45, 2.75) is 51.7 Å². The second-order valence-electron chi connectivity index (χ2n) is 4.65. The third-order valence-electron chi connectivity index (χ3n) is 2.45. The Bertz CT molecular complexity index is 156. The minimum atomic E-state index is -0.381. The van der Waals surface area contributed by atoms with Gasteiger partial charge in [0.15, 0.2) is 0 Å². The van der Waals surface area contributed by atoms with Crippen molar-refractivity contribution in [3.63, 3.8) is 0 Å². The van der Waals surface area contributed by atoms with E-state index in [1.165, 1.54) is 31.4 Å². The van der Waals surface area contributed by atoms with Crippen molar-refractivity contribution >= 4 is 11.8 Å². The average Bonchev–Trinajstić information content (AvgIpc) is 2.30. The van der Waals surface area contributed by atoms with Crippen molar-refractivity contribution in [2.75, 3.05) is 31.7 Å². The molecule has 0 aliphatic carbocycles. The number of aliphatic hydroxyl groups excluding tert-OH is 1. The Kier molecular flexibility index (Phi) is 12.9. The number of nitrogens with one attached hydrogen (secondary N) is 1. The van der Waals surface area contributed by atoms with Crippen LogP contribution in [0.5, 0.6) is 0 Å². The van der Waals surface area contributed by atoms with Crippen LogP contribution in [0.15, 0.2) is 0 Å². The molecule has 0 fully saturated rings. The van der Waals surface area contributed by atoms with Crippen LogP contribution in [0, 0.1) is 0 Å². The highest BCUT2D eigenvalue weighted by Gasteiger charge is 2.04. The predicted octanol–water partition coefficient (Wildman–Crippen LogP) is 2.29. The van der Waals surface area contributed by atoms with Gasteiger partial charge in [-0.3, -0.25) is 0 Å². The van der Waals surface area contributed by atoms with E-state index < -0.39 is 0 Å². The fourth-order valence-electron chi connectivity index (χ4n) is 1.48. The first-order chi connectivity index (χ1) is 8.16. The summed E-state index contributed by atoms with van der Waals surface area (Å²) in [5.41, 5.74) is 0. The molecule has 17 heavy (non-hydrogen) atoms. The van der Waals surface area contributed by atoms with Gasteiger partial charge in [-0.15, -0.1) is 0 Å². The van der Waals surface area contributed by atoms with Crippen LogP contribution in [0.4, 0.5) is 0 Å². The van der Waals surface area contributed by atoms with Crippen LogP contribution in [0.3, 0.4) is 0 Å². The number of ether oxygens (including phenoxy) is 1. The minimum absolute atomic E-state index is 0.195. The van der Waals surface area contributed by atoms with Crippen LogP contribution in [-0.4, -0.2) is 49.0 Å². The summed E-state index contributed by atoms with van der Waals surface area (Å²) in [6.45, 7) is 6.03. The normalized spacial score (nSPS) is 13.2. The molecule has 1 atom stereocenters. The topological polar surface area (TPSA) is 41.5 Å². The molecule has 0 aromatic carbocycles. The average molecular weight is 263 g/mol. The fourth-order valence-corrected chi connectivity index (χ4v) is 1.97. The highest BCUT2D eigenvalue weighted by atomic mass is 32.2. The summed E-state index contributed by atoms with van der Waals surface area (Å²) in [7, 11) is 0. The quantitative estimate of drug-likeness (QED) is 0.530. The lowest BCUT2D eigenvalue weighted by molar-refractivity contribution is 0.00646. The molecule has 0 spiro atoms. The van der Waals surface area contributed by atoms with E-state index >= 15 is 0 Å². The van der Waals surface area contributed by atoms with Gasteiger partial charge in [-0.2, -0.15) is 11.8 Å². The zero-order chi connectivity index (χ0) is 12.9. The molecule has 0 heterocycles. The monoisotopic (exact) mass is 263 g/mol. The highest BCUT2D eigenvalue weighted by molar-refractivity contribution is 7.98. The SMILES string of the molecule is CSCCCCCCNCC(O)COC(C)C. The lowest BCUT2D eigenvalue weighted by Gasteiger charge is -2.14. The van der Waals surface area contributed by atoms with Crippen LogP contribution in [0.25, 0.3) is 0 Å². The first-order valence-electron chi connectivity index (χ1n) is 6.66. The van der Waals surface area contributed by atoms with E-state index in [0.717, 1.165) is 6.54 Å². The van der Waals surface area contributed by atoms with E-state index in [2.05, 4.69) is 11.6 Å². The number of hydrogen-bond donors (Lipinski definition) is 2. The highest BCUT2D eigenvalue weighted by Crippen LogP contribution is 2.03. The van der Waals surface area contributed by atoms with Crippen LogP contribution in [0.2, 0.25) is 0 Å². The maximum atomic E-state index is 9.58. The van der Waals surface area contributed by atoms with Crippen molar-refractivity contribution < 1.29 is 9.84 Å². The molecule has 0 rings (SSSR count). The first-order valence-corrected chi connectivity index (χ1v) is 8.05. The summed E-state index contributed by atoms with van der Waals surface area (Å²) in [5, 5.41) is 12.8. The Hall–Kier alpha value is 0.230. The Balaban J connectivity index is 3.11. The smallest absolute Gasteiger partial charge is 0.0897 e. The molecular formula is C13H29NO2S. The number of thioether (sulfide) groups is 1. The number of unbranched alkanes of at least 4 members (excludes halogenated alkanes) is 3. The number of rotatable bonds is 12. The molecule has 4 heteroatoms. The molecule has 2 N–H and O–H groups in total. The molecule has 104 valence electrons. The van der Waals surface area contributed by atoms with E-state index in [9.17, 15) is 5.11 Å². The molecule has 0 aliphatic rings. The van der Waals surface area contributed by atoms with Crippen LogP contribution in [0.1, 0.15) is 39.5 Å². The van der Waals surface area contributed by atoms with Gasteiger partial charge < -0.3 is 15.2 Å². The van der Waals surface area contributed by atoms with Gasteiger partial charge in [0, 0.05) is 6.54 Å². The molecule has 0 radical (unpaired) electrons. The van der Waals surface area contributed by atoms with E-state index in [4.69, 9.17) is 4.74 Å². The molecule has 0 amide bonds. The number of hydrogen-bond acceptors (Lipinski definition) is 4. The van der Waals surface area contributed by atoms with Gasteiger partial charge in [0.25, 0.3) is 0 Å². The maximum absolute atomic E-state index is 9.58. The van der Waals surface area contributed by atoms with Crippen LogP contribution < -0.4 is 5.32 Å². The Labute approximate surface area is 111 Å². The molecule has 0 saturated heterocycles. The summed E-state index contributed by atoms with van der Waals surface area (Å²) in [4.78, 5) is 0. The van der Waals surface area contributed by atoms with E-state index in [1.807, 2.05) is 25.6 Å². The zero-order valence-corrected chi connectivity index (χ0v) is 12.4. The summed E-state index contributed by atoms with van der Waals surface area (Å²) in [6, 6.07) is 0. The molecular weight excluding hydrogens is 234 g/mol. The van der Waals surface area contributed by atoms with E-state index in [-0.39, 0.29) is 12.2 Å². The van der Waals surface area contributed by atoms with E-state index in [0.29, 0.717) is 13.2 Å². The second-order valence-corrected chi connectivity index (χ2v) is 5.63. The van der Waals surface area contributed by atoms with Gasteiger partial charge in [-0.05, 0) is 45.2 Å². The van der Waals surface area contributed by atoms with Gasteiger partial charge in [-0.1, -0.05) is 12.8 Å². The Morgan fingerprint density at radius 1 is 1.18 bits per heavy atom. The van der Waals surface area contributed by atoms with Crippen molar-refractivity contribution in [2.24, 2.45) is 0 Å². The second kappa shape index (κ2) is 12.7. The minimum Gasteiger partial charge on any atom is -0.389 e. The number of aliphatic hydroxyl groups is 1. The largest absolute Gasteiger partial charge is 0.389 e. The third-order valence-corrected chi connectivity index (χ3v) is 3.15. The molecule has 3 nitrogen and oxygen atoms in total. The molecule has 0 aliphatic heterocycles. The summed E-state index contributed by atoms with van der Waals surface area (Å²) < 4.78 is 5.33. The molecule has 0 aromatic heterocycles. The van der Waals surface area contributed by atoms with Crippen molar-refractivity contribution in [3.8, 4) is 0 Å². The van der Waals surface area contributed by atoms with Crippen molar-refractivity contribution in [3.05, 3.63) is 0 Å².